The van der Waals surface area contributed by atoms with Gasteiger partial charge in [0.05, 0.1) is 6.10 Å². The molecule has 3 aliphatic carbocycles. The van der Waals surface area contributed by atoms with Crippen LogP contribution in [0.25, 0.3) is 0 Å². The first-order chi connectivity index (χ1) is 14.6. The van der Waals surface area contributed by atoms with Gasteiger partial charge in [0.15, 0.2) is 0 Å². The Bertz CT molecular complexity index is 714. The van der Waals surface area contributed by atoms with Gasteiger partial charge in [-0.15, -0.1) is 5.06 Å². The van der Waals surface area contributed by atoms with Crippen molar-refractivity contribution in [3.63, 3.8) is 0 Å². The minimum atomic E-state index is 0. The first-order valence-corrected chi connectivity index (χ1v) is 12.6. The molecule has 0 radical (unpaired) electrons. The van der Waals surface area contributed by atoms with E-state index in [9.17, 15) is 0 Å². The number of nitrogens with zero attached hydrogens (tertiary/aromatic N) is 1. The Labute approximate surface area is 195 Å². The molecule has 4 rings (SSSR count). The molecule has 4 nitrogen and oxygen atoms in total. The number of benzene rings is 1. The summed E-state index contributed by atoms with van der Waals surface area (Å²) in [7, 11) is 2.00. The average molecular weight is 450 g/mol. The van der Waals surface area contributed by atoms with Crippen LogP contribution < -0.4 is 4.84 Å². The zero-order valence-electron chi connectivity index (χ0n) is 18.7. The maximum Gasteiger partial charge on any atom is 0.147 e. The second-order valence-corrected chi connectivity index (χ2v) is 10.3. The lowest BCUT2D eigenvalue weighted by Gasteiger charge is -2.50. The van der Waals surface area contributed by atoms with Crippen LogP contribution in [0.15, 0.2) is 18.2 Å². The van der Waals surface area contributed by atoms with Gasteiger partial charge in [-0.1, -0.05) is 20.4 Å². The molecule has 31 heavy (non-hydrogen) atoms. The Kier molecular flexibility index (Phi) is 8.76. The smallest absolute Gasteiger partial charge is 0.147 e. The van der Waals surface area contributed by atoms with Crippen molar-refractivity contribution >= 4 is 12.6 Å². The molecule has 5 atom stereocenters. The third kappa shape index (κ3) is 5.10. The molecule has 1 N–H and O–H groups in total. The Morgan fingerprint density at radius 3 is 2.81 bits per heavy atom. The lowest BCUT2D eigenvalue weighted by Crippen LogP contribution is -2.44. The van der Waals surface area contributed by atoms with Gasteiger partial charge >= 0.3 is 0 Å². The van der Waals surface area contributed by atoms with Crippen LogP contribution in [0.1, 0.15) is 76.3 Å². The highest BCUT2D eigenvalue weighted by Gasteiger charge is 2.55. The minimum Gasteiger partial charge on any atom is -0.406 e. The lowest BCUT2D eigenvalue weighted by molar-refractivity contribution is -0.0662. The molecule has 3 aliphatic rings. The van der Waals surface area contributed by atoms with Crippen molar-refractivity contribution in [2.24, 2.45) is 17.3 Å². The summed E-state index contributed by atoms with van der Waals surface area (Å²) in [5.41, 5.74) is 3.38. The molecule has 0 bridgehead atoms. The molecule has 2 saturated carbocycles. The molecule has 1 aromatic rings. The molecule has 5 unspecified atom stereocenters. The SMILES string of the molecule is C.CN(CCCS)Oc1ccc2c(c1)CCC1C2CCC2(C)C(OCCCO)CCC12. The quantitative estimate of drug-likeness (QED) is 0.297. The predicted molar refractivity (Wildman–Crippen MR) is 131 cm³/mol. The molecule has 0 spiro atoms. The second kappa shape index (κ2) is 10.9. The number of hydrogen-bond acceptors (Lipinski definition) is 5. The van der Waals surface area contributed by atoms with Crippen LogP contribution in [-0.2, 0) is 11.2 Å². The predicted octanol–water partition coefficient (Wildman–Crippen LogP) is 5.49. The van der Waals surface area contributed by atoms with E-state index in [0.29, 0.717) is 24.0 Å². The van der Waals surface area contributed by atoms with Crippen LogP contribution >= 0.6 is 12.6 Å². The van der Waals surface area contributed by atoms with Crippen LogP contribution in [0.4, 0.5) is 0 Å². The maximum atomic E-state index is 9.10. The lowest BCUT2D eigenvalue weighted by atomic mass is 9.55. The largest absolute Gasteiger partial charge is 0.406 e. The van der Waals surface area contributed by atoms with Crippen molar-refractivity contribution in [2.45, 2.75) is 77.7 Å². The van der Waals surface area contributed by atoms with Gasteiger partial charge in [-0.05, 0) is 104 Å². The number of aliphatic hydroxyl groups is 1. The third-order valence-electron chi connectivity index (χ3n) is 8.12. The van der Waals surface area contributed by atoms with Crippen LogP contribution in [0.2, 0.25) is 0 Å². The van der Waals surface area contributed by atoms with Gasteiger partial charge in [-0.3, -0.25) is 0 Å². The monoisotopic (exact) mass is 449 g/mol. The van der Waals surface area contributed by atoms with E-state index >= 15 is 0 Å². The number of thiol groups is 1. The highest BCUT2D eigenvalue weighted by atomic mass is 32.1. The van der Waals surface area contributed by atoms with Crippen molar-refractivity contribution in [3.05, 3.63) is 29.3 Å². The molecule has 176 valence electrons. The van der Waals surface area contributed by atoms with Gasteiger partial charge in [-0.25, -0.2) is 0 Å². The summed E-state index contributed by atoms with van der Waals surface area (Å²) in [6, 6.07) is 6.80. The Morgan fingerprint density at radius 1 is 1.19 bits per heavy atom. The summed E-state index contributed by atoms with van der Waals surface area (Å²) < 4.78 is 6.26. The van der Waals surface area contributed by atoms with Gasteiger partial charge in [0, 0.05) is 26.8 Å². The summed E-state index contributed by atoms with van der Waals surface area (Å²) in [5.74, 6) is 4.10. The van der Waals surface area contributed by atoms with Crippen molar-refractivity contribution in [1.82, 2.24) is 5.06 Å². The average Bonchev–Trinajstić information content (AvgIpc) is 3.08. The van der Waals surface area contributed by atoms with Gasteiger partial charge < -0.3 is 14.7 Å². The summed E-state index contributed by atoms with van der Waals surface area (Å²) >= 11 is 4.29. The summed E-state index contributed by atoms with van der Waals surface area (Å²) in [4.78, 5) is 6.03. The van der Waals surface area contributed by atoms with Gasteiger partial charge in [-0.2, -0.15) is 12.6 Å². The first-order valence-electron chi connectivity index (χ1n) is 11.9. The Balaban J connectivity index is 0.00000272. The number of aryl methyl sites for hydroxylation is 1. The van der Waals surface area contributed by atoms with Crippen molar-refractivity contribution < 1.29 is 14.7 Å². The summed E-state index contributed by atoms with van der Waals surface area (Å²) in [5, 5.41) is 11.0. The second-order valence-electron chi connectivity index (χ2n) is 9.85. The molecule has 0 saturated heterocycles. The Hall–Kier alpha value is -0.750. The third-order valence-corrected chi connectivity index (χ3v) is 8.44. The zero-order valence-corrected chi connectivity index (χ0v) is 19.6. The molecule has 0 heterocycles. The zero-order chi connectivity index (χ0) is 21.1. The van der Waals surface area contributed by atoms with E-state index in [4.69, 9.17) is 14.7 Å². The summed E-state index contributed by atoms with van der Waals surface area (Å²) in [6.45, 7) is 4.31. The molecule has 0 aromatic heterocycles. The number of aliphatic hydroxyl groups excluding tert-OH is 1. The van der Waals surface area contributed by atoms with Crippen molar-refractivity contribution in [2.75, 3.05) is 32.6 Å². The van der Waals surface area contributed by atoms with E-state index in [1.165, 1.54) is 37.7 Å². The number of rotatable bonds is 9. The van der Waals surface area contributed by atoms with E-state index in [1.807, 2.05) is 12.1 Å². The fraction of sp³-hybridized carbons (Fsp3) is 0.769. The van der Waals surface area contributed by atoms with E-state index in [0.717, 1.165) is 49.1 Å². The fourth-order valence-corrected chi connectivity index (χ4v) is 6.79. The molecule has 0 amide bonds. The maximum absolute atomic E-state index is 9.10. The van der Waals surface area contributed by atoms with Crippen molar-refractivity contribution in [3.8, 4) is 5.75 Å². The Morgan fingerprint density at radius 2 is 2.03 bits per heavy atom. The topological polar surface area (TPSA) is 41.9 Å². The van der Waals surface area contributed by atoms with Crippen LogP contribution in [0.3, 0.4) is 0 Å². The minimum absolute atomic E-state index is 0. The van der Waals surface area contributed by atoms with E-state index in [-0.39, 0.29) is 14.0 Å². The molecule has 2 fully saturated rings. The van der Waals surface area contributed by atoms with E-state index in [1.54, 1.807) is 5.56 Å². The number of fused-ring (bicyclic) bond motifs is 5. The van der Waals surface area contributed by atoms with Gasteiger partial charge in [0.2, 0.25) is 0 Å². The molecular weight excluding hydrogens is 406 g/mol. The van der Waals surface area contributed by atoms with Gasteiger partial charge in [0.1, 0.15) is 5.75 Å². The molecule has 5 heteroatoms. The standard InChI is InChI=1S/C25H39NO3S.CH4/c1-25-12-11-21-20-8-6-19(29-26(2)13-3-16-30)17-18(20)5-7-22(21)23(25)9-10-24(25)28-15-4-14-27;/h6,8,17,21-24,27,30H,3-5,7,9-16H2,1-2H3;1H4. The fourth-order valence-electron chi connectivity index (χ4n) is 6.65. The van der Waals surface area contributed by atoms with Crippen LogP contribution in [0.5, 0.6) is 5.75 Å². The van der Waals surface area contributed by atoms with E-state index in [2.05, 4.69) is 37.8 Å². The normalized spacial score (nSPS) is 31.5. The highest BCUT2D eigenvalue weighted by molar-refractivity contribution is 7.80. The number of hydrogen-bond donors (Lipinski definition) is 2. The van der Waals surface area contributed by atoms with Crippen LogP contribution in [-0.4, -0.2) is 48.8 Å². The van der Waals surface area contributed by atoms with Crippen LogP contribution in [0, 0.1) is 17.3 Å². The van der Waals surface area contributed by atoms with Gasteiger partial charge in [0.25, 0.3) is 0 Å². The molecule has 0 aliphatic heterocycles. The highest BCUT2D eigenvalue weighted by Crippen LogP contribution is 2.61. The first kappa shape index (κ1) is 24.9. The molecule has 1 aromatic carbocycles. The number of hydroxylamine groups is 2. The summed E-state index contributed by atoms with van der Waals surface area (Å²) in [6.07, 6.45) is 9.63. The van der Waals surface area contributed by atoms with Crippen molar-refractivity contribution in [1.29, 1.82) is 0 Å². The van der Waals surface area contributed by atoms with E-state index < -0.39 is 0 Å². The molecular formula is C26H43NO3S. The number of ether oxygens (including phenoxy) is 1.